The first-order valence-corrected chi connectivity index (χ1v) is 6.78. The highest BCUT2D eigenvalue weighted by molar-refractivity contribution is 5.19. The van der Waals surface area contributed by atoms with Gasteiger partial charge < -0.3 is 10.1 Å². The fraction of sp³-hybridized carbons (Fsp3) is 0.400. The number of pyridine rings is 1. The molecule has 2 rings (SSSR count). The van der Waals surface area contributed by atoms with Gasteiger partial charge in [0.2, 0.25) is 0 Å². The lowest BCUT2D eigenvalue weighted by Gasteiger charge is -2.08. The molecule has 0 unspecified atom stereocenters. The molecule has 0 atom stereocenters. The average Bonchev–Trinajstić information content (AvgIpc) is 2.47. The third kappa shape index (κ3) is 4.93. The summed E-state index contributed by atoms with van der Waals surface area (Å²) in [5, 5.41) is 3.36. The van der Waals surface area contributed by atoms with Crippen molar-refractivity contribution in [3.05, 3.63) is 48.3 Å². The van der Waals surface area contributed by atoms with Crippen LogP contribution in [0.15, 0.2) is 36.8 Å². The van der Waals surface area contributed by atoms with Crippen molar-refractivity contribution in [2.45, 2.75) is 27.0 Å². The van der Waals surface area contributed by atoms with Gasteiger partial charge in [0.05, 0.1) is 11.9 Å². The Hall–Kier alpha value is -2.01. The van der Waals surface area contributed by atoms with Gasteiger partial charge in [-0.05, 0) is 30.7 Å². The maximum atomic E-state index is 5.58. The zero-order valence-electron chi connectivity index (χ0n) is 11.9. The molecule has 0 radical (unpaired) electrons. The summed E-state index contributed by atoms with van der Waals surface area (Å²) in [5.74, 6) is 2.03. The first-order chi connectivity index (χ1) is 9.74. The molecule has 5 heteroatoms. The van der Waals surface area contributed by atoms with Crippen LogP contribution in [0.3, 0.4) is 0 Å². The van der Waals surface area contributed by atoms with Crippen LogP contribution in [0.1, 0.15) is 25.4 Å². The first kappa shape index (κ1) is 14.4. The van der Waals surface area contributed by atoms with E-state index >= 15 is 0 Å². The molecule has 0 aliphatic carbocycles. The number of ether oxygens (including phenoxy) is 1. The van der Waals surface area contributed by atoms with Crippen LogP contribution in [0.4, 0.5) is 0 Å². The summed E-state index contributed by atoms with van der Waals surface area (Å²) in [6.07, 6.45) is 5.14. The van der Waals surface area contributed by atoms with Gasteiger partial charge in [-0.25, -0.2) is 9.97 Å². The standard InChI is InChI=1S/C15H20N4O/c1-12(2)8-16-9-13-4-5-14(10-19-13)20-11-15-17-6-3-7-18-15/h3-7,10,12,16H,8-9,11H2,1-2H3. The fourth-order valence-electron chi connectivity index (χ4n) is 1.64. The van der Waals surface area contributed by atoms with Crippen LogP contribution in [-0.4, -0.2) is 21.5 Å². The van der Waals surface area contributed by atoms with Crippen LogP contribution in [0, 0.1) is 5.92 Å². The first-order valence-electron chi connectivity index (χ1n) is 6.78. The lowest BCUT2D eigenvalue weighted by atomic mass is 10.2. The van der Waals surface area contributed by atoms with Gasteiger partial charge in [0.1, 0.15) is 12.4 Å². The maximum absolute atomic E-state index is 5.58. The molecule has 0 aliphatic rings. The summed E-state index contributed by atoms with van der Waals surface area (Å²) in [6.45, 7) is 6.49. The van der Waals surface area contributed by atoms with Crippen molar-refractivity contribution >= 4 is 0 Å². The summed E-state index contributed by atoms with van der Waals surface area (Å²) < 4.78 is 5.58. The average molecular weight is 272 g/mol. The van der Waals surface area contributed by atoms with Crippen LogP contribution in [0.5, 0.6) is 5.75 Å². The number of aromatic nitrogens is 3. The van der Waals surface area contributed by atoms with Gasteiger partial charge in [0, 0.05) is 18.9 Å². The lowest BCUT2D eigenvalue weighted by Crippen LogP contribution is -2.19. The Morgan fingerprint density at radius 3 is 2.60 bits per heavy atom. The number of rotatable bonds is 7. The van der Waals surface area contributed by atoms with E-state index in [0.29, 0.717) is 18.3 Å². The van der Waals surface area contributed by atoms with Crippen molar-refractivity contribution in [1.29, 1.82) is 0 Å². The van der Waals surface area contributed by atoms with Crippen LogP contribution in [0.2, 0.25) is 0 Å². The quantitative estimate of drug-likeness (QED) is 0.837. The number of nitrogens with zero attached hydrogens (tertiary/aromatic N) is 3. The molecule has 0 saturated carbocycles. The molecule has 0 spiro atoms. The van der Waals surface area contributed by atoms with Crippen LogP contribution >= 0.6 is 0 Å². The Kier molecular flexibility index (Phi) is 5.43. The third-order valence-corrected chi connectivity index (χ3v) is 2.64. The van der Waals surface area contributed by atoms with E-state index in [0.717, 1.165) is 24.5 Å². The molecule has 0 fully saturated rings. The van der Waals surface area contributed by atoms with Crippen molar-refractivity contribution in [2.75, 3.05) is 6.54 Å². The Bertz CT molecular complexity index is 499. The molecule has 1 N–H and O–H groups in total. The highest BCUT2D eigenvalue weighted by Crippen LogP contribution is 2.10. The zero-order chi connectivity index (χ0) is 14.2. The molecule has 0 bridgehead atoms. The van der Waals surface area contributed by atoms with Crippen molar-refractivity contribution < 1.29 is 4.74 Å². The molecule has 2 aromatic rings. The second kappa shape index (κ2) is 7.55. The number of nitrogens with one attached hydrogen (secondary N) is 1. The van der Waals surface area contributed by atoms with Crippen molar-refractivity contribution in [3.63, 3.8) is 0 Å². The van der Waals surface area contributed by atoms with Gasteiger partial charge in [-0.15, -0.1) is 0 Å². The summed E-state index contributed by atoms with van der Waals surface area (Å²) in [6, 6.07) is 5.67. The SMILES string of the molecule is CC(C)CNCc1ccc(OCc2ncccn2)cn1. The molecular weight excluding hydrogens is 252 g/mol. The largest absolute Gasteiger partial charge is 0.484 e. The zero-order valence-corrected chi connectivity index (χ0v) is 11.9. The Labute approximate surface area is 119 Å². The van der Waals surface area contributed by atoms with E-state index in [4.69, 9.17) is 4.74 Å². The molecule has 0 aliphatic heterocycles. The highest BCUT2D eigenvalue weighted by Gasteiger charge is 2.00. The van der Waals surface area contributed by atoms with E-state index < -0.39 is 0 Å². The van der Waals surface area contributed by atoms with Crippen LogP contribution < -0.4 is 10.1 Å². The summed E-state index contributed by atoms with van der Waals surface area (Å²) >= 11 is 0. The van der Waals surface area contributed by atoms with Crippen molar-refractivity contribution in [2.24, 2.45) is 5.92 Å². The van der Waals surface area contributed by atoms with E-state index in [9.17, 15) is 0 Å². The predicted molar refractivity (Wildman–Crippen MR) is 77.1 cm³/mol. The third-order valence-electron chi connectivity index (χ3n) is 2.64. The molecule has 0 aromatic carbocycles. The van der Waals surface area contributed by atoms with E-state index in [1.54, 1.807) is 24.7 Å². The van der Waals surface area contributed by atoms with Gasteiger partial charge in [0.15, 0.2) is 5.82 Å². The van der Waals surface area contributed by atoms with Gasteiger partial charge >= 0.3 is 0 Å². The van der Waals surface area contributed by atoms with Crippen molar-refractivity contribution in [1.82, 2.24) is 20.3 Å². The van der Waals surface area contributed by atoms with Gasteiger partial charge in [-0.2, -0.15) is 0 Å². The topological polar surface area (TPSA) is 59.9 Å². The molecule has 0 amide bonds. The molecule has 2 aromatic heterocycles. The van der Waals surface area contributed by atoms with Crippen LogP contribution in [0.25, 0.3) is 0 Å². The minimum Gasteiger partial charge on any atom is -0.484 e. The fourth-order valence-corrected chi connectivity index (χ4v) is 1.64. The van der Waals surface area contributed by atoms with E-state index in [1.165, 1.54) is 0 Å². The number of hydrogen-bond acceptors (Lipinski definition) is 5. The molecule has 0 saturated heterocycles. The molecule has 2 heterocycles. The predicted octanol–water partition coefficient (Wildman–Crippen LogP) is 2.20. The van der Waals surface area contributed by atoms with Gasteiger partial charge in [0.25, 0.3) is 0 Å². The molecule has 20 heavy (non-hydrogen) atoms. The Morgan fingerprint density at radius 2 is 1.95 bits per heavy atom. The normalized spacial score (nSPS) is 10.8. The summed E-state index contributed by atoms with van der Waals surface area (Å²) in [7, 11) is 0. The molecule has 106 valence electrons. The second-order valence-electron chi connectivity index (χ2n) is 4.96. The minimum atomic E-state index is 0.355. The minimum absolute atomic E-state index is 0.355. The lowest BCUT2D eigenvalue weighted by molar-refractivity contribution is 0.294. The molecular formula is C15H20N4O. The van der Waals surface area contributed by atoms with Gasteiger partial charge in [-0.3, -0.25) is 4.98 Å². The number of hydrogen-bond donors (Lipinski definition) is 1. The maximum Gasteiger partial charge on any atom is 0.166 e. The highest BCUT2D eigenvalue weighted by atomic mass is 16.5. The van der Waals surface area contributed by atoms with E-state index in [2.05, 4.69) is 34.1 Å². The Morgan fingerprint density at radius 1 is 1.15 bits per heavy atom. The smallest absolute Gasteiger partial charge is 0.166 e. The van der Waals surface area contributed by atoms with Gasteiger partial charge in [-0.1, -0.05) is 13.8 Å². The van der Waals surface area contributed by atoms with E-state index in [1.807, 2.05) is 12.1 Å². The second-order valence-corrected chi connectivity index (χ2v) is 4.96. The summed E-state index contributed by atoms with van der Waals surface area (Å²) in [5.41, 5.74) is 1.01. The van der Waals surface area contributed by atoms with E-state index in [-0.39, 0.29) is 0 Å². The van der Waals surface area contributed by atoms with Crippen molar-refractivity contribution in [3.8, 4) is 5.75 Å². The summed E-state index contributed by atoms with van der Waals surface area (Å²) in [4.78, 5) is 12.6. The molecule has 5 nitrogen and oxygen atoms in total. The van der Waals surface area contributed by atoms with Crippen LogP contribution in [-0.2, 0) is 13.2 Å². The monoisotopic (exact) mass is 272 g/mol. The Balaban J connectivity index is 1.79.